The van der Waals surface area contributed by atoms with Crippen LogP contribution in [0.4, 0.5) is 5.69 Å². The smallest absolute Gasteiger partial charge is 0.341 e. The van der Waals surface area contributed by atoms with Gasteiger partial charge in [0.05, 0.1) is 23.4 Å². The van der Waals surface area contributed by atoms with E-state index in [-0.39, 0.29) is 11.6 Å². The van der Waals surface area contributed by atoms with E-state index in [1.54, 1.807) is 20.2 Å². The predicted molar refractivity (Wildman–Crippen MR) is 105 cm³/mol. The van der Waals surface area contributed by atoms with Gasteiger partial charge in [-0.3, -0.25) is 4.98 Å². The maximum Gasteiger partial charge on any atom is 0.341 e. The molecule has 1 aliphatic heterocycles. The molecular formula is C21H28N2O4. The van der Waals surface area contributed by atoms with Gasteiger partial charge in [-0.15, -0.1) is 0 Å². The second-order valence-electron chi connectivity index (χ2n) is 7.10. The molecule has 0 unspecified atom stereocenters. The number of ether oxygens (including phenoxy) is 3. The summed E-state index contributed by atoms with van der Waals surface area (Å²) < 4.78 is 16.6. The molecule has 1 aromatic heterocycles. The summed E-state index contributed by atoms with van der Waals surface area (Å²) in [6, 6.07) is 4.15. The summed E-state index contributed by atoms with van der Waals surface area (Å²) in [6.45, 7) is 8.14. The summed E-state index contributed by atoms with van der Waals surface area (Å²) in [5.41, 5.74) is 3.99. The van der Waals surface area contributed by atoms with Gasteiger partial charge in [0.1, 0.15) is 5.56 Å². The molecule has 6 nitrogen and oxygen atoms in total. The van der Waals surface area contributed by atoms with Gasteiger partial charge in [-0.05, 0) is 32.4 Å². The Morgan fingerprint density at radius 3 is 2.70 bits per heavy atom. The lowest BCUT2D eigenvalue weighted by atomic mass is 9.93. The van der Waals surface area contributed by atoms with Crippen molar-refractivity contribution in [3.63, 3.8) is 0 Å². The molecule has 1 saturated heterocycles. The SMILES string of the molecule is CCOC(=O)c1cnc2c(C)cc(C)cc2c1NCC1(OC)CCOCC1. The number of hydrogen-bond donors (Lipinski definition) is 1. The van der Waals surface area contributed by atoms with Gasteiger partial charge in [0.15, 0.2) is 0 Å². The first-order valence-corrected chi connectivity index (χ1v) is 9.43. The minimum Gasteiger partial charge on any atom is -0.462 e. The van der Waals surface area contributed by atoms with Crippen molar-refractivity contribution in [2.75, 3.05) is 38.8 Å². The van der Waals surface area contributed by atoms with E-state index >= 15 is 0 Å². The minimum absolute atomic E-state index is 0.307. The van der Waals surface area contributed by atoms with E-state index in [4.69, 9.17) is 14.2 Å². The first-order valence-electron chi connectivity index (χ1n) is 9.43. The number of fused-ring (bicyclic) bond motifs is 1. The van der Waals surface area contributed by atoms with Crippen molar-refractivity contribution in [2.24, 2.45) is 0 Å². The molecular weight excluding hydrogens is 344 g/mol. The fourth-order valence-electron chi connectivity index (χ4n) is 3.66. The molecule has 2 heterocycles. The summed E-state index contributed by atoms with van der Waals surface area (Å²) in [7, 11) is 1.73. The molecule has 1 fully saturated rings. The first-order chi connectivity index (χ1) is 13.0. The molecule has 0 aliphatic carbocycles. The first kappa shape index (κ1) is 19.6. The molecule has 1 N–H and O–H groups in total. The van der Waals surface area contributed by atoms with E-state index < -0.39 is 0 Å². The minimum atomic E-state index is -0.369. The van der Waals surface area contributed by atoms with Gasteiger partial charge in [-0.25, -0.2) is 4.79 Å². The fourth-order valence-corrected chi connectivity index (χ4v) is 3.66. The van der Waals surface area contributed by atoms with Crippen molar-refractivity contribution < 1.29 is 19.0 Å². The second kappa shape index (κ2) is 8.23. The van der Waals surface area contributed by atoms with Crippen LogP contribution in [0.5, 0.6) is 0 Å². The van der Waals surface area contributed by atoms with Crippen LogP contribution in [0.1, 0.15) is 41.3 Å². The number of pyridine rings is 1. The summed E-state index contributed by atoms with van der Waals surface area (Å²) >= 11 is 0. The van der Waals surface area contributed by atoms with Gasteiger partial charge >= 0.3 is 5.97 Å². The quantitative estimate of drug-likeness (QED) is 0.781. The Morgan fingerprint density at radius 2 is 2.04 bits per heavy atom. The number of aryl methyl sites for hydroxylation is 2. The van der Waals surface area contributed by atoms with E-state index in [1.807, 2.05) is 13.8 Å². The number of benzene rings is 1. The summed E-state index contributed by atoms with van der Waals surface area (Å²) in [5.74, 6) is -0.369. The lowest BCUT2D eigenvalue weighted by Gasteiger charge is -2.36. The Morgan fingerprint density at radius 1 is 1.30 bits per heavy atom. The molecule has 27 heavy (non-hydrogen) atoms. The Balaban J connectivity index is 2.04. The molecule has 1 aromatic carbocycles. The summed E-state index contributed by atoms with van der Waals surface area (Å²) in [5, 5.41) is 4.42. The van der Waals surface area contributed by atoms with Crippen molar-refractivity contribution in [3.8, 4) is 0 Å². The molecule has 0 bridgehead atoms. The van der Waals surface area contributed by atoms with Crippen molar-refractivity contribution in [1.29, 1.82) is 0 Å². The van der Waals surface area contributed by atoms with Crippen molar-refractivity contribution >= 4 is 22.6 Å². The van der Waals surface area contributed by atoms with Crippen LogP contribution >= 0.6 is 0 Å². The summed E-state index contributed by atoms with van der Waals surface area (Å²) in [6.07, 6.45) is 3.23. The number of aromatic nitrogens is 1. The number of carbonyl (C=O) groups is 1. The molecule has 6 heteroatoms. The van der Waals surface area contributed by atoms with Gasteiger partial charge < -0.3 is 19.5 Å². The summed E-state index contributed by atoms with van der Waals surface area (Å²) in [4.78, 5) is 17.1. The highest BCUT2D eigenvalue weighted by molar-refractivity contribution is 6.05. The van der Waals surface area contributed by atoms with Crippen LogP contribution in [0.25, 0.3) is 10.9 Å². The van der Waals surface area contributed by atoms with Crippen LogP contribution in [0.3, 0.4) is 0 Å². The number of nitrogens with one attached hydrogen (secondary N) is 1. The van der Waals surface area contributed by atoms with Crippen LogP contribution in [0, 0.1) is 13.8 Å². The number of rotatable bonds is 6. The predicted octanol–water partition coefficient (Wildman–Crippen LogP) is 3.64. The maximum absolute atomic E-state index is 12.5. The number of nitrogens with zero attached hydrogens (tertiary/aromatic N) is 1. The highest BCUT2D eigenvalue weighted by atomic mass is 16.5. The molecule has 0 amide bonds. The average molecular weight is 372 g/mol. The Labute approximate surface area is 160 Å². The molecule has 0 radical (unpaired) electrons. The lowest BCUT2D eigenvalue weighted by Crippen LogP contribution is -2.44. The van der Waals surface area contributed by atoms with Gasteiger partial charge in [0.25, 0.3) is 0 Å². The van der Waals surface area contributed by atoms with E-state index in [0.717, 1.165) is 40.6 Å². The van der Waals surface area contributed by atoms with Gasteiger partial charge in [-0.2, -0.15) is 0 Å². The van der Waals surface area contributed by atoms with Crippen molar-refractivity contribution in [3.05, 3.63) is 35.0 Å². The third kappa shape index (κ3) is 4.06. The number of anilines is 1. The largest absolute Gasteiger partial charge is 0.462 e. The molecule has 1 aliphatic rings. The van der Waals surface area contributed by atoms with Crippen molar-refractivity contribution in [2.45, 2.75) is 39.2 Å². The zero-order chi connectivity index (χ0) is 19.4. The Hall–Kier alpha value is -2.18. The fraction of sp³-hybridized carbons (Fsp3) is 0.524. The van der Waals surface area contributed by atoms with Crippen LogP contribution in [0.15, 0.2) is 18.3 Å². The Kier molecular flexibility index (Phi) is 5.97. The third-order valence-electron chi connectivity index (χ3n) is 5.23. The highest BCUT2D eigenvalue weighted by Gasteiger charge is 2.33. The van der Waals surface area contributed by atoms with Gasteiger partial charge in [0.2, 0.25) is 0 Å². The van der Waals surface area contributed by atoms with Crippen molar-refractivity contribution in [1.82, 2.24) is 4.98 Å². The maximum atomic E-state index is 12.5. The number of methoxy groups -OCH3 is 1. The second-order valence-corrected chi connectivity index (χ2v) is 7.10. The standard InChI is InChI=1S/C21H28N2O4/c1-5-27-20(24)17-12-22-18-15(3)10-14(2)11-16(18)19(17)23-13-21(25-4)6-8-26-9-7-21/h10-12H,5-9,13H2,1-4H3,(H,22,23). The molecule has 146 valence electrons. The average Bonchev–Trinajstić information content (AvgIpc) is 2.67. The molecule has 0 spiro atoms. The normalized spacial score (nSPS) is 16.3. The molecule has 2 aromatic rings. The van der Waals surface area contributed by atoms with Crippen LogP contribution in [-0.2, 0) is 14.2 Å². The topological polar surface area (TPSA) is 69.7 Å². The number of esters is 1. The van der Waals surface area contributed by atoms with E-state index in [0.29, 0.717) is 31.9 Å². The lowest BCUT2D eigenvalue weighted by molar-refractivity contribution is -0.0807. The van der Waals surface area contributed by atoms with Gasteiger partial charge in [0, 0.05) is 51.3 Å². The van der Waals surface area contributed by atoms with Gasteiger partial charge in [-0.1, -0.05) is 11.6 Å². The number of carbonyl (C=O) groups excluding carboxylic acids is 1. The van der Waals surface area contributed by atoms with Crippen LogP contribution < -0.4 is 5.32 Å². The molecule has 0 saturated carbocycles. The van der Waals surface area contributed by atoms with Crippen LogP contribution in [0.2, 0.25) is 0 Å². The molecule has 0 atom stereocenters. The number of hydrogen-bond acceptors (Lipinski definition) is 6. The highest BCUT2D eigenvalue weighted by Crippen LogP contribution is 2.32. The molecule has 3 rings (SSSR count). The monoisotopic (exact) mass is 372 g/mol. The third-order valence-corrected chi connectivity index (χ3v) is 5.23. The van der Waals surface area contributed by atoms with E-state index in [1.165, 1.54) is 0 Å². The Bertz CT molecular complexity index is 829. The van der Waals surface area contributed by atoms with E-state index in [9.17, 15) is 4.79 Å². The zero-order valence-electron chi connectivity index (χ0n) is 16.6. The van der Waals surface area contributed by atoms with Crippen LogP contribution in [-0.4, -0.2) is 50.0 Å². The van der Waals surface area contributed by atoms with E-state index in [2.05, 4.69) is 22.4 Å². The zero-order valence-corrected chi connectivity index (χ0v) is 16.6.